The number of aliphatic hydroxyl groups excluding tert-OH is 2. The van der Waals surface area contributed by atoms with E-state index >= 15 is 0 Å². The molecule has 0 radical (unpaired) electrons. The van der Waals surface area contributed by atoms with Crippen molar-refractivity contribution in [2.75, 3.05) is 45.9 Å². The predicted octanol–water partition coefficient (Wildman–Crippen LogP) is -3.21. The zero-order valence-corrected chi connectivity index (χ0v) is 24.3. The summed E-state index contributed by atoms with van der Waals surface area (Å²) in [5.74, 6) is -3.25. The van der Waals surface area contributed by atoms with Gasteiger partial charge in [-0.05, 0) is 44.2 Å². The van der Waals surface area contributed by atoms with Gasteiger partial charge >= 0.3 is 5.97 Å². The Balaban J connectivity index is 1.99. The van der Waals surface area contributed by atoms with E-state index < -0.39 is 54.0 Å². The molecule has 1 aliphatic rings. The Kier molecular flexibility index (Phi) is 15.0. The van der Waals surface area contributed by atoms with E-state index in [1.165, 1.54) is 4.90 Å². The van der Waals surface area contributed by atoms with Gasteiger partial charge in [0.1, 0.15) is 17.6 Å². The van der Waals surface area contributed by atoms with Gasteiger partial charge in [-0.3, -0.25) is 24.0 Å². The molecule has 43 heavy (non-hydrogen) atoms. The number of carboxylic acid groups (broad SMARTS) is 1. The monoisotopic (exact) mass is 607 g/mol. The maximum Gasteiger partial charge on any atom is 0.323 e. The molecule has 0 saturated carbocycles. The molecule has 15 nitrogen and oxygen atoms in total. The van der Waals surface area contributed by atoms with Crippen molar-refractivity contribution in [1.82, 2.24) is 26.2 Å². The Bertz CT molecular complexity index is 1070. The largest absolute Gasteiger partial charge is 0.480 e. The van der Waals surface area contributed by atoms with E-state index in [4.69, 9.17) is 16.6 Å². The number of aliphatic carboxylic acids is 1. The lowest BCUT2D eigenvalue weighted by Gasteiger charge is -2.37. The molecule has 1 saturated heterocycles. The Hall–Kier alpha value is -3.63. The lowest BCUT2D eigenvalue weighted by molar-refractivity contribution is -0.148. The van der Waals surface area contributed by atoms with Crippen LogP contribution >= 0.6 is 0 Å². The van der Waals surface area contributed by atoms with Crippen LogP contribution < -0.4 is 32.7 Å². The first-order valence-electron chi connectivity index (χ1n) is 14.4. The number of nitrogens with zero attached hydrogens (tertiary/aromatic N) is 1. The summed E-state index contributed by atoms with van der Waals surface area (Å²) in [6.07, 6.45) is 0.853. The van der Waals surface area contributed by atoms with Crippen LogP contribution in [0.4, 0.5) is 0 Å². The number of amides is 4. The van der Waals surface area contributed by atoms with Crippen LogP contribution in [0.15, 0.2) is 30.3 Å². The summed E-state index contributed by atoms with van der Waals surface area (Å²) in [6.45, 7) is -0.157. The molecule has 0 bridgehead atoms. The first-order chi connectivity index (χ1) is 20.5. The Labute approximate surface area is 250 Å². The Morgan fingerprint density at radius 3 is 2.23 bits per heavy atom. The molecule has 11 N–H and O–H groups in total. The molecule has 4 amide bonds. The second-order valence-electron chi connectivity index (χ2n) is 10.7. The number of nitrogens with two attached hydrogens (primary N) is 2. The van der Waals surface area contributed by atoms with Gasteiger partial charge in [-0.15, -0.1) is 0 Å². The van der Waals surface area contributed by atoms with Crippen molar-refractivity contribution < 1.29 is 39.3 Å². The molecular formula is C28H45N7O8. The number of hydrogen-bond acceptors (Lipinski definition) is 10. The molecular weight excluding hydrogens is 562 g/mol. The van der Waals surface area contributed by atoms with Gasteiger partial charge in [0.15, 0.2) is 0 Å². The number of rotatable bonds is 18. The van der Waals surface area contributed by atoms with E-state index in [2.05, 4.69) is 21.3 Å². The van der Waals surface area contributed by atoms with Gasteiger partial charge in [0.05, 0.1) is 25.8 Å². The number of hydrogen-bond donors (Lipinski definition) is 9. The second kappa shape index (κ2) is 18.1. The van der Waals surface area contributed by atoms with Gasteiger partial charge < -0.3 is 53.0 Å². The molecule has 1 aromatic carbocycles. The van der Waals surface area contributed by atoms with Crippen molar-refractivity contribution in [2.45, 2.75) is 62.3 Å². The van der Waals surface area contributed by atoms with E-state index in [-0.39, 0.29) is 64.4 Å². The SMILES string of the molecule is NCC(=O)NC(Cc1ccccc1)C(=O)NCC(=O)NC(CCCCNCC(O)CO)C(=O)N1CCC(N)(C(=O)O)CC1. The molecule has 1 aliphatic heterocycles. The molecule has 1 fully saturated rings. The first kappa shape index (κ1) is 35.6. The van der Waals surface area contributed by atoms with Crippen LogP contribution in [0, 0.1) is 0 Å². The van der Waals surface area contributed by atoms with Crippen molar-refractivity contribution in [3.8, 4) is 0 Å². The quantitative estimate of drug-likeness (QED) is 0.0751. The van der Waals surface area contributed by atoms with Crippen LogP contribution in [0.2, 0.25) is 0 Å². The standard InChI is InChI=1S/C28H45N7O8/c29-15-23(38)34-22(14-19-6-2-1-3-7-19)25(40)32-17-24(39)33-21(8-4-5-11-31-16-20(37)18-36)26(41)35-12-9-28(30,10-13-35)27(42)43/h1-3,6-7,20-22,31,36-37H,4-5,8-18,29-30H2,(H,32,40)(H,33,39)(H,34,38)(H,42,43). The van der Waals surface area contributed by atoms with E-state index in [1.807, 2.05) is 6.07 Å². The van der Waals surface area contributed by atoms with Crippen molar-refractivity contribution in [1.29, 1.82) is 0 Å². The lowest BCUT2D eigenvalue weighted by Crippen LogP contribution is -2.59. The highest BCUT2D eigenvalue weighted by atomic mass is 16.4. The van der Waals surface area contributed by atoms with Crippen molar-refractivity contribution in [3.63, 3.8) is 0 Å². The molecule has 240 valence electrons. The predicted molar refractivity (Wildman–Crippen MR) is 156 cm³/mol. The first-order valence-corrected chi connectivity index (χ1v) is 14.4. The number of aliphatic hydroxyl groups is 2. The highest BCUT2D eigenvalue weighted by molar-refractivity contribution is 5.93. The number of unbranched alkanes of at least 4 members (excludes halogenated alkanes) is 1. The number of carbonyl (C=O) groups is 5. The van der Waals surface area contributed by atoms with Gasteiger partial charge in [0.2, 0.25) is 23.6 Å². The van der Waals surface area contributed by atoms with E-state index in [0.29, 0.717) is 19.4 Å². The minimum absolute atomic E-state index is 0.0687. The van der Waals surface area contributed by atoms with Gasteiger partial charge in [0.25, 0.3) is 0 Å². The van der Waals surface area contributed by atoms with Crippen LogP contribution in [0.3, 0.4) is 0 Å². The van der Waals surface area contributed by atoms with Crippen LogP contribution in [-0.2, 0) is 30.4 Å². The fourth-order valence-electron chi connectivity index (χ4n) is 4.60. The molecule has 0 spiro atoms. The molecule has 15 heteroatoms. The van der Waals surface area contributed by atoms with Gasteiger partial charge in [-0.2, -0.15) is 0 Å². The fourth-order valence-corrected chi connectivity index (χ4v) is 4.60. The zero-order chi connectivity index (χ0) is 31.8. The number of benzene rings is 1. The highest BCUT2D eigenvalue weighted by Gasteiger charge is 2.40. The van der Waals surface area contributed by atoms with Crippen LogP contribution in [0.25, 0.3) is 0 Å². The third-order valence-electron chi connectivity index (χ3n) is 7.26. The molecule has 0 aliphatic carbocycles. The molecule has 3 atom stereocenters. The molecule has 2 rings (SSSR count). The molecule has 1 heterocycles. The molecule has 0 aromatic heterocycles. The summed E-state index contributed by atoms with van der Waals surface area (Å²) < 4.78 is 0. The summed E-state index contributed by atoms with van der Waals surface area (Å²) in [6, 6.07) is 7.11. The molecule has 3 unspecified atom stereocenters. The van der Waals surface area contributed by atoms with Crippen LogP contribution in [0.5, 0.6) is 0 Å². The zero-order valence-electron chi connectivity index (χ0n) is 24.3. The van der Waals surface area contributed by atoms with Crippen LogP contribution in [-0.4, -0.2) is 119 Å². The fraction of sp³-hybridized carbons (Fsp3) is 0.607. The van der Waals surface area contributed by atoms with Gasteiger partial charge in [-0.25, -0.2) is 0 Å². The maximum absolute atomic E-state index is 13.4. The van der Waals surface area contributed by atoms with Crippen molar-refractivity contribution in [2.24, 2.45) is 11.5 Å². The number of carboxylic acids is 1. The summed E-state index contributed by atoms with van der Waals surface area (Å²) in [5.41, 5.74) is 10.7. The topological polar surface area (TPSA) is 249 Å². The summed E-state index contributed by atoms with van der Waals surface area (Å²) >= 11 is 0. The van der Waals surface area contributed by atoms with Crippen LogP contribution in [0.1, 0.15) is 37.7 Å². The smallest absolute Gasteiger partial charge is 0.323 e. The molecule has 1 aromatic rings. The number of nitrogens with one attached hydrogen (secondary N) is 4. The van der Waals surface area contributed by atoms with Crippen molar-refractivity contribution in [3.05, 3.63) is 35.9 Å². The number of piperidine rings is 1. The minimum atomic E-state index is -1.42. The lowest BCUT2D eigenvalue weighted by atomic mass is 9.88. The number of likely N-dealkylation sites (tertiary alicyclic amines) is 1. The van der Waals surface area contributed by atoms with E-state index in [9.17, 15) is 34.2 Å². The second-order valence-corrected chi connectivity index (χ2v) is 10.7. The Morgan fingerprint density at radius 1 is 0.977 bits per heavy atom. The Morgan fingerprint density at radius 2 is 1.63 bits per heavy atom. The normalized spacial score (nSPS) is 16.4. The van der Waals surface area contributed by atoms with E-state index in [0.717, 1.165) is 5.56 Å². The highest BCUT2D eigenvalue weighted by Crippen LogP contribution is 2.21. The van der Waals surface area contributed by atoms with Gasteiger partial charge in [0, 0.05) is 26.1 Å². The summed E-state index contributed by atoms with van der Waals surface area (Å²) in [5, 5.41) is 38.5. The third kappa shape index (κ3) is 12.2. The van der Waals surface area contributed by atoms with E-state index in [1.54, 1.807) is 24.3 Å². The average Bonchev–Trinajstić information content (AvgIpc) is 3.00. The maximum atomic E-state index is 13.4. The minimum Gasteiger partial charge on any atom is -0.480 e. The third-order valence-corrected chi connectivity index (χ3v) is 7.26. The summed E-state index contributed by atoms with van der Waals surface area (Å²) in [4.78, 5) is 64.0. The summed E-state index contributed by atoms with van der Waals surface area (Å²) in [7, 11) is 0. The van der Waals surface area contributed by atoms with Crippen molar-refractivity contribution >= 4 is 29.6 Å². The number of carbonyl (C=O) groups excluding carboxylic acids is 4. The van der Waals surface area contributed by atoms with Gasteiger partial charge in [-0.1, -0.05) is 30.3 Å². The average molecular weight is 608 g/mol.